The quantitative estimate of drug-likeness (QED) is 0.869. The second-order valence-corrected chi connectivity index (χ2v) is 5.83. The monoisotopic (exact) mass is 302 g/mol. The molecule has 0 spiro atoms. The maximum atomic E-state index is 5.75. The van der Waals surface area contributed by atoms with E-state index in [0.717, 1.165) is 42.4 Å². The van der Waals surface area contributed by atoms with Crippen molar-refractivity contribution < 1.29 is 14.0 Å². The molecule has 0 saturated carbocycles. The third-order valence-electron chi connectivity index (χ3n) is 3.82. The van der Waals surface area contributed by atoms with Crippen molar-refractivity contribution >= 4 is 0 Å². The fourth-order valence-corrected chi connectivity index (χ4v) is 3.00. The van der Waals surface area contributed by atoms with Gasteiger partial charge in [-0.3, -0.25) is 4.90 Å². The number of hydrogen-bond donors (Lipinski definition) is 0. The average Bonchev–Trinajstić information content (AvgIpc) is 2.94. The van der Waals surface area contributed by atoms with E-state index in [1.54, 1.807) is 7.11 Å². The molecule has 1 saturated heterocycles. The number of morpholine rings is 1. The lowest BCUT2D eigenvalue weighted by molar-refractivity contribution is -0.0721. The molecule has 0 bridgehead atoms. The highest BCUT2D eigenvalue weighted by molar-refractivity contribution is 5.66. The first-order valence-electron chi connectivity index (χ1n) is 7.62. The zero-order valence-electron chi connectivity index (χ0n) is 13.3. The van der Waals surface area contributed by atoms with Gasteiger partial charge in [-0.05, 0) is 26.0 Å². The molecule has 0 N–H and O–H groups in total. The van der Waals surface area contributed by atoms with Crippen LogP contribution in [0, 0.1) is 0 Å². The predicted molar refractivity (Wildman–Crippen MR) is 83.8 cm³/mol. The van der Waals surface area contributed by atoms with Gasteiger partial charge in [-0.25, -0.2) is 0 Å². The van der Waals surface area contributed by atoms with E-state index in [1.807, 2.05) is 30.3 Å². The van der Waals surface area contributed by atoms with E-state index in [4.69, 9.17) is 14.0 Å². The minimum Gasteiger partial charge on any atom is -0.496 e. The molecule has 1 aromatic carbocycles. The van der Waals surface area contributed by atoms with Gasteiger partial charge in [-0.15, -0.1) is 0 Å². The first kappa shape index (κ1) is 15.1. The summed E-state index contributed by atoms with van der Waals surface area (Å²) in [7, 11) is 1.66. The van der Waals surface area contributed by atoms with Crippen LogP contribution in [0.2, 0.25) is 0 Å². The Bertz CT molecular complexity index is 616. The van der Waals surface area contributed by atoms with E-state index in [9.17, 15) is 0 Å². The summed E-state index contributed by atoms with van der Waals surface area (Å²) in [6.45, 7) is 6.77. The Labute approximate surface area is 130 Å². The number of rotatable bonds is 4. The van der Waals surface area contributed by atoms with Crippen LogP contribution in [-0.4, -0.2) is 42.5 Å². The lowest BCUT2D eigenvalue weighted by atomic mass is 10.1. The first-order valence-corrected chi connectivity index (χ1v) is 7.62. The number of benzene rings is 1. The van der Waals surface area contributed by atoms with Gasteiger partial charge in [-0.2, -0.15) is 0 Å². The molecule has 0 amide bonds. The van der Waals surface area contributed by atoms with Crippen LogP contribution in [0.3, 0.4) is 0 Å². The third kappa shape index (κ3) is 3.31. The molecule has 1 aliphatic rings. The second-order valence-electron chi connectivity index (χ2n) is 5.83. The summed E-state index contributed by atoms with van der Waals surface area (Å²) in [5.41, 5.74) is 1.76. The SMILES string of the molecule is COc1ccccc1-c1cc(CN2CC(C)OC(C)C2)on1. The zero-order valence-corrected chi connectivity index (χ0v) is 13.3. The van der Waals surface area contributed by atoms with Crippen molar-refractivity contribution in [1.82, 2.24) is 10.1 Å². The maximum Gasteiger partial charge on any atom is 0.151 e. The van der Waals surface area contributed by atoms with E-state index in [-0.39, 0.29) is 12.2 Å². The fraction of sp³-hybridized carbons (Fsp3) is 0.471. The summed E-state index contributed by atoms with van der Waals surface area (Å²) in [5, 5.41) is 4.19. The van der Waals surface area contributed by atoms with E-state index in [2.05, 4.69) is 23.9 Å². The number of ether oxygens (including phenoxy) is 2. The number of aromatic nitrogens is 1. The molecule has 3 rings (SSSR count). The summed E-state index contributed by atoms with van der Waals surface area (Å²) in [5.74, 6) is 1.66. The highest BCUT2D eigenvalue weighted by atomic mass is 16.5. The molecule has 5 heteroatoms. The van der Waals surface area contributed by atoms with Crippen LogP contribution in [0.15, 0.2) is 34.9 Å². The molecule has 2 heterocycles. The minimum absolute atomic E-state index is 0.250. The van der Waals surface area contributed by atoms with Gasteiger partial charge in [0.15, 0.2) is 5.76 Å². The Kier molecular flexibility index (Phi) is 4.45. The Morgan fingerprint density at radius 2 is 1.95 bits per heavy atom. The largest absolute Gasteiger partial charge is 0.496 e. The topological polar surface area (TPSA) is 47.7 Å². The molecule has 2 unspecified atom stereocenters. The van der Waals surface area contributed by atoms with Gasteiger partial charge in [0.2, 0.25) is 0 Å². The molecular weight excluding hydrogens is 280 g/mol. The summed E-state index contributed by atoms with van der Waals surface area (Å²) >= 11 is 0. The Morgan fingerprint density at radius 3 is 2.68 bits per heavy atom. The summed E-state index contributed by atoms with van der Waals surface area (Å²) in [6.07, 6.45) is 0.501. The molecule has 1 aliphatic heterocycles. The number of nitrogens with zero attached hydrogens (tertiary/aromatic N) is 2. The van der Waals surface area contributed by atoms with Gasteiger partial charge in [0.1, 0.15) is 11.4 Å². The van der Waals surface area contributed by atoms with Crippen LogP contribution in [0.4, 0.5) is 0 Å². The molecule has 1 aromatic heterocycles. The highest BCUT2D eigenvalue weighted by Gasteiger charge is 2.23. The summed E-state index contributed by atoms with van der Waals surface area (Å²) < 4.78 is 16.6. The second kappa shape index (κ2) is 6.50. The minimum atomic E-state index is 0.250. The van der Waals surface area contributed by atoms with E-state index in [0.29, 0.717) is 0 Å². The van der Waals surface area contributed by atoms with Crippen LogP contribution in [-0.2, 0) is 11.3 Å². The Morgan fingerprint density at radius 1 is 1.23 bits per heavy atom. The predicted octanol–water partition coefficient (Wildman–Crippen LogP) is 2.96. The molecule has 5 nitrogen and oxygen atoms in total. The van der Waals surface area contributed by atoms with E-state index in [1.165, 1.54) is 0 Å². The van der Waals surface area contributed by atoms with Crippen LogP contribution < -0.4 is 4.74 Å². The van der Waals surface area contributed by atoms with Crippen molar-refractivity contribution in [1.29, 1.82) is 0 Å². The number of hydrogen-bond acceptors (Lipinski definition) is 5. The van der Waals surface area contributed by atoms with Crippen LogP contribution >= 0.6 is 0 Å². The molecule has 1 fully saturated rings. The molecule has 118 valence electrons. The van der Waals surface area contributed by atoms with Gasteiger partial charge >= 0.3 is 0 Å². The molecule has 0 aliphatic carbocycles. The molecule has 2 aromatic rings. The van der Waals surface area contributed by atoms with Crippen molar-refractivity contribution in [2.24, 2.45) is 0 Å². The lowest BCUT2D eigenvalue weighted by Gasteiger charge is -2.34. The van der Waals surface area contributed by atoms with Crippen LogP contribution in [0.25, 0.3) is 11.3 Å². The van der Waals surface area contributed by atoms with Crippen molar-refractivity contribution in [2.45, 2.75) is 32.6 Å². The van der Waals surface area contributed by atoms with Crippen molar-refractivity contribution in [2.75, 3.05) is 20.2 Å². The summed E-state index contributed by atoms with van der Waals surface area (Å²) in [6, 6.07) is 9.81. The fourth-order valence-electron chi connectivity index (χ4n) is 3.00. The average molecular weight is 302 g/mol. The molecule has 2 atom stereocenters. The highest BCUT2D eigenvalue weighted by Crippen LogP contribution is 2.29. The molecular formula is C17H22N2O3. The molecule has 0 radical (unpaired) electrons. The summed E-state index contributed by atoms with van der Waals surface area (Å²) in [4.78, 5) is 2.34. The smallest absolute Gasteiger partial charge is 0.151 e. The van der Waals surface area contributed by atoms with Crippen LogP contribution in [0.1, 0.15) is 19.6 Å². The maximum absolute atomic E-state index is 5.75. The van der Waals surface area contributed by atoms with Crippen LogP contribution in [0.5, 0.6) is 5.75 Å². The van der Waals surface area contributed by atoms with Gasteiger partial charge < -0.3 is 14.0 Å². The Hall–Kier alpha value is -1.85. The zero-order chi connectivity index (χ0) is 15.5. The normalized spacial score (nSPS) is 22.7. The first-order chi connectivity index (χ1) is 10.7. The van der Waals surface area contributed by atoms with Gasteiger partial charge in [0.25, 0.3) is 0 Å². The standard InChI is InChI=1S/C17H22N2O3/c1-12-9-19(10-13(2)21-12)11-14-8-16(18-22-14)15-6-4-5-7-17(15)20-3/h4-8,12-13H,9-11H2,1-3H3. The van der Waals surface area contributed by atoms with Gasteiger partial charge in [0, 0.05) is 24.7 Å². The number of methoxy groups -OCH3 is 1. The van der Waals surface area contributed by atoms with Gasteiger partial charge in [0.05, 0.1) is 25.9 Å². The van der Waals surface area contributed by atoms with Crippen molar-refractivity contribution in [3.05, 3.63) is 36.1 Å². The Balaban J connectivity index is 1.74. The van der Waals surface area contributed by atoms with Gasteiger partial charge in [-0.1, -0.05) is 17.3 Å². The third-order valence-corrected chi connectivity index (χ3v) is 3.82. The van der Waals surface area contributed by atoms with E-state index >= 15 is 0 Å². The van der Waals surface area contributed by atoms with E-state index < -0.39 is 0 Å². The molecule has 22 heavy (non-hydrogen) atoms. The lowest BCUT2D eigenvalue weighted by Crippen LogP contribution is -2.44. The van der Waals surface area contributed by atoms with Crippen molar-refractivity contribution in [3.63, 3.8) is 0 Å². The number of para-hydroxylation sites is 1. The van der Waals surface area contributed by atoms with Crippen molar-refractivity contribution in [3.8, 4) is 17.0 Å².